The maximum absolute atomic E-state index is 2.31. The second kappa shape index (κ2) is 4.78. The van der Waals surface area contributed by atoms with Crippen LogP contribution in [0.2, 0.25) is 0 Å². The van der Waals surface area contributed by atoms with Gasteiger partial charge in [0.25, 0.3) is 0 Å². The third-order valence-corrected chi connectivity index (χ3v) is 5.20. The van der Waals surface area contributed by atoms with Crippen LogP contribution in [0.15, 0.2) is 72.9 Å². The Bertz CT molecular complexity index is 1260. The third-order valence-electron chi connectivity index (χ3n) is 5.20. The molecule has 1 nitrogen and oxygen atoms in total. The van der Waals surface area contributed by atoms with Gasteiger partial charge in [-0.3, -0.25) is 0 Å². The fourth-order valence-corrected chi connectivity index (χ4v) is 4.10. The zero-order valence-corrected chi connectivity index (χ0v) is 13.9. The second-order valence-corrected chi connectivity index (χ2v) is 6.61. The fraction of sp³-hybridized carbons (Fsp3) is 0.0870. The number of nitrogens with zero attached hydrogens (tertiary/aromatic N) is 1. The zero-order valence-electron chi connectivity index (χ0n) is 13.9. The van der Waals surface area contributed by atoms with Gasteiger partial charge < -0.3 is 0 Å². The molecule has 0 radical (unpaired) electrons. The highest BCUT2D eigenvalue weighted by Gasteiger charge is 2.16. The first-order valence-electron chi connectivity index (χ1n) is 8.36. The summed E-state index contributed by atoms with van der Waals surface area (Å²) in [7, 11) is 2.16. The molecule has 5 aromatic rings. The molecule has 0 aliphatic heterocycles. The summed E-state index contributed by atoms with van der Waals surface area (Å²) >= 11 is 0. The van der Waals surface area contributed by atoms with Crippen molar-refractivity contribution >= 4 is 43.2 Å². The molecule has 0 atom stereocenters. The van der Waals surface area contributed by atoms with Crippen molar-refractivity contribution in [2.45, 2.75) is 6.92 Å². The number of aromatic nitrogens is 1. The monoisotopic (exact) mass is 308 g/mol. The van der Waals surface area contributed by atoms with E-state index in [-0.39, 0.29) is 0 Å². The summed E-state index contributed by atoms with van der Waals surface area (Å²) in [6.07, 6.45) is 2.24. The van der Waals surface area contributed by atoms with Gasteiger partial charge in [0.15, 0.2) is 6.20 Å². The van der Waals surface area contributed by atoms with E-state index in [4.69, 9.17) is 0 Å². The Hall–Kier alpha value is -2.93. The van der Waals surface area contributed by atoms with E-state index in [0.29, 0.717) is 0 Å². The minimum absolute atomic E-state index is 1.28. The minimum atomic E-state index is 1.28. The van der Waals surface area contributed by atoms with Crippen molar-refractivity contribution in [3.8, 4) is 0 Å². The van der Waals surface area contributed by atoms with Gasteiger partial charge in [-0.1, -0.05) is 48.5 Å². The molecule has 0 aliphatic carbocycles. The fourth-order valence-electron chi connectivity index (χ4n) is 4.10. The largest absolute Gasteiger partial charge is 0.221 e. The molecule has 0 bridgehead atoms. The Labute approximate surface area is 140 Å². The number of aryl methyl sites for hydroxylation is 2. The van der Waals surface area contributed by atoms with Gasteiger partial charge in [0.05, 0.1) is 10.8 Å². The van der Waals surface area contributed by atoms with Crippen LogP contribution in [-0.2, 0) is 7.05 Å². The predicted molar refractivity (Wildman–Crippen MR) is 102 cm³/mol. The van der Waals surface area contributed by atoms with Gasteiger partial charge in [0, 0.05) is 10.8 Å². The molecule has 114 valence electrons. The number of pyridine rings is 1. The van der Waals surface area contributed by atoms with Gasteiger partial charge in [0.1, 0.15) is 7.05 Å². The van der Waals surface area contributed by atoms with Crippen molar-refractivity contribution in [1.29, 1.82) is 0 Å². The molecule has 0 saturated carbocycles. The van der Waals surface area contributed by atoms with Gasteiger partial charge >= 0.3 is 0 Å². The predicted octanol–water partition coefficient (Wildman–Crippen LogP) is 5.43. The van der Waals surface area contributed by atoms with Crippen molar-refractivity contribution in [2.24, 2.45) is 7.05 Å². The van der Waals surface area contributed by atoms with Crippen LogP contribution in [0.25, 0.3) is 43.2 Å². The molecule has 0 amide bonds. The normalized spacial score (nSPS) is 11.8. The summed E-state index contributed by atoms with van der Waals surface area (Å²) in [4.78, 5) is 0. The minimum Gasteiger partial charge on any atom is -0.200 e. The van der Waals surface area contributed by atoms with Crippen molar-refractivity contribution in [3.63, 3.8) is 0 Å². The van der Waals surface area contributed by atoms with E-state index in [2.05, 4.69) is 91.5 Å². The van der Waals surface area contributed by atoms with Gasteiger partial charge in [0.2, 0.25) is 5.52 Å². The van der Waals surface area contributed by atoms with Gasteiger partial charge in [-0.25, -0.2) is 0 Å². The van der Waals surface area contributed by atoms with Gasteiger partial charge in [-0.2, -0.15) is 4.57 Å². The summed E-state index contributed by atoms with van der Waals surface area (Å²) < 4.78 is 2.28. The van der Waals surface area contributed by atoms with Crippen molar-refractivity contribution in [2.75, 3.05) is 0 Å². The van der Waals surface area contributed by atoms with E-state index < -0.39 is 0 Å². The Balaban J connectivity index is 2.11. The van der Waals surface area contributed by atoms with Crippen LogP contribution < -0.4 is 4.57 Å². The highest BCUT2D eigenvalue weighted by molar-refractivity contribution is 6.17. The number of hydrogen-bond acceptors (Lipinski definition) is 0. The van der Waals surface area contributed by atoms with E-state index in [9.17, 15) is 0 Å². The van der Waals surface area contributed by atoms with Crippen LogP contribution in [0, 0.1) is 6.92 Å². The summed E-state index contributed by atoms with van der Waals surface area (Å²) in [5, 5.41) is 9.24. The first kappa shape index (κ1) is 13.5. The molecule has 1 aromatic heterocycles. The molecular formula is C23H18N+. The van der Waals surface area contributed by atoms with E-state index in [1.807, 2.05) is 0 Å². The number of fused-ring (bicyclic) bond motifs is 6. The molecule has 0 aliphatic rings. The van der Waals surface area contributed by atoms with Crippen molar-refractivity contribution < 1.29 is 4.57 Å². The second-order valence-electron chi connectivity index (χ2n) is 6.61. The lowest BCUT2D eigenvalue weighted by atomic mass is 9.94. The number of rotatable bonds is 0. The van der Waals surface area contributed by atoms with Crippen LogP contribution in [0.1, 0.15) is 5.56 Å². The molecule has 5 rings (SSSR count). The summed E-state index contributed by atoms with van der Waals surface area (Å²) in [6.45, 7) is 2.25. The molecule has 0 fully saturated rings. The topological polar surface area (TPSA) is 3.88 Å². The van der Waals surface area contributed by atoms with E-state index in [1.54, 1.807) is 0 Å². The van der Waals surface area contributed by atoms with E-state index in [1.165, 1.54) is 48.8 Å². The molecule has 0 spiro atoms. The summed E-state index contributed by atoms with van der Waals surface area (Å²) in [5.74, 6) is 0. The van der Waals surface area contributed by atoms with E-state index >= 15 is 0 Å². The van der Waals surface area contributed by atoms with Crippen LogP contribution >= 0.6 is 0 Å². The maximum Gasteiger partial charge on any atom is 0.221 e. The lowest BCUT2D eigenvalue weighted by molar-refractivity contribution is -0.642. The highest BCUT2D eigenvalue weighted by Crippen LogP contribution is 2.34. The lowest BCUT2D eigenvalue weighted by Crippen LogP contribution is -2.28. The van der Waals surface area contributed by atoms with Gasteiger partial charge in [-0.05, 0) is 46.8 Å². The first-order chi connectivity index (χ1) is 11.7. The van der Waals surface area contributed by atoms with Crippen LogP contribution in [-0.4, -0.2) is 0 Å². The number of hydrogen-bond donors (Lipinski definition) is 0. The standard InChI is InChI=1S/C23H18N/c1-15-19-9-5-3-7-16(19)13-17-11-12-21-20-10-6-4-8-18(20)14-24(2)23(21)22(15)17/h3-14H,1-2H3/q+1. The Morgan fingerprint density at radius 2 is 1.38 bits per heavy atom. The van der Waals surface area contributed by atoms with Crippen LogP contribution in [0.5, 0.6) is 0 Å². The lowest BCUT2D eigenvalue weighted by Gasteiger charge is -2.10. The van der Waals surface area contributed by atoms with Gasteiger partial charge in [-0.15, -0.1) is 0 Å². The third kappa shape index (κ3) is 1.73. The van der Waals surface area contributed by atoms with Crippen molar-refractivity contribution in [1.82, 2.24) is 0 Å². The zero-order chi connectivity index (χ0) is 16.3. The molecule has 0 unspecified atom stereocenters. The maximum atomic E-state index is 2.31. The Morgan fingerprint density at radius 3 is 2.21 bits per heavy atom. The summed E-state index contributed by atoms with van der Waals surface area (Å²) in [5.41, 5.74) is 2.68. The summed E-state index contributed by atoms with van der Waals surface area (Å²) in [6, 6.07) is 24.2. The average Bonchev–Trinajstić information content (AvgIpc) is 2.61. The first-order valence-corrected chi connectivity index (χ1v) is 8.36. The molecule has 0 saturated heterocycles. The highest BCUT2D eigenvalue weighted by atomic mass is 14.9. The molecule has 1 heteroatoms. The van der Waals surface area contributed by atoms with Crippen molar-refractivity contribution in [3.05, 3.63) is 78.5 Å². The quantitative estimate of drug-likeness (QED) is 0.204. The Morgan fingerprint density at radius 1 is 0.667 bits per heavy atom. The SMILES string of the molecule is Cc1c2ccccc2cc2ccc3c4ccccc4c[n+](C)c3c12. The Kier molecular flexibility index (Phi) is 2.69. The van der Waals surface area contributed by atoms with Crippen LogP contribution in [0.4, 0.5) is 0 Å². The smallest absolute Gasteiger partial charge is 0.200 e. The van der Waals surface area contributed by atoms with Crippen LogP contribution in [0.3, 0.4) is 0 Å². The molecule has 0 N–H and O–H groups in total. The molecule has 1 heterocycles. The van der Waals surface area contributed by atoms with E-state index in [0.717, 1.165) is 0 Å². The molecule has 4 aromatic carbocycles. The average molecular weight is 308 g/mol. The molecule has 24 heavy (non-hydrogen) atoms. The number of benzene rings is 4. The molecular weight excluding hydrogens is 290 g/mol.